The van der Waals surface area contributed by atoms with Gasteiger partial charge in [0.2, 0.25) is 0 Å². The summed E-state index contributed by atoms with van der Waals surface area (Å²) in [5, 5.41) is 0. The molecule has 0 aromatic rings. The van der Waals surface area contributed by atoms with E-state index in [4.69, 9.17) is 0 Å². The first-order valence-corrected chi connectivity index (χ1v) is 7.52. The summed E-state index contributed by atoms with van der Waals surface area (Å²) in [6, 6.07) is 0. The lowest BCUT2D eigenvalue weighted by Gasteiger charge is -2.12. The molecule has 0 aliphatic rings. The van der Waals surface area contributed by atoms with E-state index in [1.165, 1.54) is 41.0 Å². The molecule has 0 N–H and O–H groups in total. The smallest absolute Gasteiger partial charge is 0.000463 e. The molecule has 0 spiro atoms. The molecule has 0 saturated carbocycles. The van der Waals surface area contributed by atoms with Crippen molar-refractivity contribution in [2.24, 2.45) is 5.92 Å². The second-order valence-corrected chi connectivity index (χ2v) is 5.09. The van der Waals surface area contributed by atoms with Crippen LogP contribution in [0, 0.1) is 5.92 Å². The highest BCUT2D eigenvalue weighted by molar-refractivity contribution is 14.1. The average Bonchev–Trinajstić information content (AvgIpc) is 2.05. The van der Waals surface area contributed by atoms with Gasteiger partial charge in [0.1, 0.15) is 0 Å². The van der Waals surface area contributed by atoms with Gasteiger partial charge < -0.3 is 0 Å². The van der Waals surface area contributed by atoms with Gasteiger partial charge in [0.25, 0.3) is 0 Å². The SMILES string of the molecule is CCC(CCCI)CCCI. The van der Waals surface area contributed by atoms with Crippen molar-refractivity contribution < 1.29 is 0 Å². The third-order valence-electron chi connectivity index (χ3n) is 2.07. The molecule has 0 rings (SSSR count). The van der Waals surface area contributed by atoms with E-state index >= 15 is 0 Å². The van der Waals surface area contributed by atoms with Gasteiger partial charge in [-0.15, -0.1) is 0 Å². The topological polar surface area (TPSA) is 0 Å². The fourth-order valence-electron chi connectivity index (χ4n) is 1.28. The molecule has 0 unspecified atom stereocenters. The molecule has 0 aromatic carbocycles. The van der Waals surface area contributed by atoms with Gasteiger partial charge in [-0.05, 0) is 40.5 Å². The summed E-state index contributed by atoms with van der Waals surface area (Å²) >= 11 is 4.95. The van der Waals surface area contributed by atoms with Crippen LogP contribution in [0.4, 0.5) is 0 Å². The second-order valence-electron chi connectivity index (χ2n) is 2.94. The Morgan fingerprint density at radius 1 is 1.00 bits per heavy atom. The van der Waals surface area contributed by atoms with Gasteiger partial charge in [-0.25, -0.2) is 0 Å². The molecular formula is C9H18I2. The molecule has 2 heteroatoms. The minimum Gasteiger partial charge on any atom is -0.0864 e. The van der Waals surface area contributed by atoms with Crippen molar-refractivity contribution in [3.05, 3.63) is 0 Å². The van der Waals surface area contributed by atoms with Crippen molar-refractivity contribution in [2.45, 2.75) is 39.0 Å². The molecule has 0 radical (unpaired) electrons. The van der Waals surface area contributed by atoms with Gasteiger partial charge in [0, 0.05) is 0 Å². The highest BCUT2D eigenvalue weighted by atomic mass is 127. The molecule has 0 fully saturated rings. The molecular weight excluding hydrogens is 362 g/mol. The number of rotatable bonds is 7. The van der Waals surface area contributed by atoms with E-state index in [1.807, 2.05) is 0 Å². The van der Waals surface area contributed by atoms with Gasteiger partial charge in [0.15, 0.2) is 0 Å². The Bertz CT molecular complexity index is 66.0. The molecule has 0 aromatic heterocycles. The highest BCUT2D eigenvalue weighted by Crippen LogP contribution is 2.18. The standard InChI is InChI=1S/C9H18I2/c1-2-9(5-3-7-10)6-4-8-11/h9H,2-8H2,1H3. The molecule has 11 heavy (non-hydrogen) atoms. The van der Waals surface area contributed by atoms with Crippen LogP contribution in [0.5, 0.6) is 0 Å². The molecule has 0 amide bonds. The van der Waals surface area contributed by atoms with Crippen LogP contribution in [0.2, 0.25) is 0 Å². The lowest BCUT2D eigenvalue weighted by Crippen LogP contribution is -1.99. The van der Waals surface area contributed by atoms with Gasteiger partial charge in [-0.2, -0.15) is 0 Å². The zero-order valence-electron chi connectivity index (χ0n) is 7.28. The summed E-state index contributed by atoms with van der Waals surface area (Å²) < 4.78 is 2.66. The lowest BCUT2D eigenvalue weighted by atomic mass is 9.96. The van der Waals surface area contributed by atoms with E-state index in [-0.39, 0.29) is 0 Å². The highest BCUT2D eigenvalue weighted by Gasteiger charge is 2.04. The monoisotopic (exact) mass is 380 g/mol. The van der Waals surface area contributed by atoms with Crippen LogP contribution in [0.25, 0.3) is 0 Å². The van der Waals surface area contributed by atoms with Crippen molar-refractivity contribution in [3.8, 4) is 0 Å². The van der Waals surface area contributed by atoms with Crippen molar-refractivity contribution in [1.82, 2.24) is 0 Å². The van der Waals surface area contributed by atoms with Crippen LogP contribution in [-0.4, -0.2) is 8.86 Å². The fourth-order valence-corrected chi connectivity index (χ4v) is 2.17. The maximum Gasteiger partial charge on any atom is -0.000463 e. The van der Waals surface area contributed by atoms with Gasteiger partial charge in [-0.3, -0.25) is 0 Å². The van der Waals surface area contributed by atoms with E-state index in [0.29, 0.717) is 0 Å². The Hall–Kier alpha value is 1.46. The molecule has 0 aliphatic carbocycles. The van der Waals surface area contributed by atoms with Crippen LogP contribution in [-0.2, 0) is 0 Å². The summed E-state index contributed by atoms with van der Waals surface area (Å²) in [4.78, 5) is 0. The first kappa shape index (κ1) is 12.5. The predicted molar refractivity (Wildman–Crippen MR) is 70.0 cm³/mol. The molecule has 68 valence electrons. The maximum atomic E-state index is 2.47. The molecule has 0 aliphatic heterocycles. The molecule has 0 saturated heterocycles. The maximum absolute atomic E-state index is 2.47. The zero-order valence-corrected chi connectivity index (χ0v) is 11.6. The Morgan fingerprint density at radius 3 is 1.73 bits per heavy atom. The van der Waals surface area contributed by atoms with Crippen molar-refractivity contribution >= 4 is 45.2 Å². The normalized spacial score (nSPS) is 10.9. The number of alkyl halides is 2. The van der Waals surface area contributed by atoms with Gasteiger partial charge >= 0.3 is 0 Å². The Labute approximate surface area is 98.2 Å². The fraction of sp³-hybridized carbons (Fsp3) is 1.00. The Morgan fingerprint density at radius 2 is 1.45 bits per heavy atom. The largest absolute Gasteiger partial charge is 0.0864 e. The summed E-state index contributed by atoms with van der Waals surface area (Å²) in [6.07, 6.45) is 7.13. The number of hydrogen-bond acceptors (Lipinski definition) is 0. The minimum absolute atomic E-state index is 1.01. The molecule has 0 nitrogen and oxygen atoms in total. The van der Waals surface area contributed by atoms with Crippen LogP contribution < -0.4 is 0 Å². The van der Waals surface area contributed by atoms with E-state index in [0.717, 1.165) is 5.92 Å². The zero-order chi connectivity index (χ0) is 8.53. The van der Waals surface area contributed by atoms with Crippen LogP contribution in [0.1, 0.15) is 39.0 Å². The average molecular weight is 380 g/mol. The molecule has 0 heterocycles. The van der Waals surface area contributed by atoms with Crippen molar-refractivity contribution in [3.63, 3.8) is 0 Å². The molecule has 0 bridgehead atoms. The summed E-state index contributed by atoms with van der Waals surface area (Å²) in [6.45, 7) is 2.32. The van der Waals surface area contributed by atoms with Gasteiger partial charge in [-0.1, -0.05) is 58.5 Å². The summed E-state index contributed by atoms with van der Waals surface area (Å²) in [7, 11) is 0. The van der Waals surface area contributed by atoms with Crippen LogP contribution in [0.3, 0.4) is 0 Å². The molecule has 0 atom stereocenters. The Balaban J connectivity index is 3.25. The van der Waals surface area contributed by atoms with E-state index < -0.39 is 0 Å². The van der Waals surface area contributed by atoms with Gasteiger partial charge in [0.05, 0.1) is 0 Å². The van der Waals surface area contributed by atoms with E-state index in [2.05, 4.69) is 52.1 Å². The first-order valence-electron chi connectivity index (χ1n) is 4.47. The quantitative estimate of drug-likeness (QED) is 0.453. The van der Waals surface area contributed by atoms with Crippen LogP contribution >= 0.6 is 45.2 Å². The summed E-state index contributed by atoms with van der Waals surface area (Å²) in [5.74, 6) is 1.01. The van der Waals surface area contributed by atoms with Crippen molar-refractivity contribution in [1.29, 1.82) is 0 Å². The van der Waals surface area contributed by atoms with Crippen molar-refractivity contribution in [2.75, 3.05) is 8.86 Å². The third kappa shape index (κ3) is 7.81. The van der Waals surface area contributed by atoms with Crippen LogP contribution in [0.15, 0.2) is 0 Å². The summed E-state index contributed by atoms with van der Waals surface area (Å²) in [5.41, 5.74) is 0. The second kappa shape index (κ2) is 9.55. The number of hydrogen-bond donors (Lipinski definition) is 0. The lowest BCUT2D eigenvalue weighted by molar-refractivity contribution is 0.432. The Kier molecular flexibility index (Phi) is 10.8. The first-order chi connectivity index (χ1) is 5.35. The van der Waals surface area contributed by atoms with E-state index in [9.17, 15) is 0 Å². The predicted octanol–water partition coefficient (Wildman–Crippen LogP) is 4.44. The minimum atomic E-state index is 1.01. The van der Waals surface area contributed by atoms with E-state index in [1.54, 1.807) is 0 Å². The number of halogens is 2. The third-order valence-corrected chi connectivity index (χ3v) is 3.59.